The molecule has 5 heterocycles. The van der Waals surface area contributed by atoms with E-state index in [9.17, 15) is 9.59 Å². The number of likely N-dealkylation sites (tertiary alicyclic amines) is 1. The van der Waals surface area contributed by atoms with E-state index in [0.29, 0.717) is 50.6 Å². The maximum absolute atomic E-state index is 13.0. The second-order valence-corrected chi connectivity index (χ2v) is 7.06. The molecule has 1 spiro atoms. The molecule has 0 aromatic carbocycles. The Morgan fingerprint density at radius 3 is 3.12 bits per heavy atom. The Kier molecular flexibility index (Phi) is 3.43. The topological polar surface area (TPSA) is 80.8 Å². The van der Waals surface area contributed by atoms with Gasteiger partial charge in [-0.15, -0.1) is 0 Å². The summed E-state index contributed by atoms with van der Waals surface area (Å²) in [6.45, 7) is 2.45. The number of furan rings is 1. The molecule has 3 aliphatic rings. The molecule has 2 amide bonds. The molecular formula is C18H20N4O4. The summed E-state index contributed by atoms with van der Waals surface area (Å²) in [6, 6.07) is 3.28. The molecule has 3 fully saturated rings. The number of carbonyl (C=O) groups is 2. The van der Waals surface area contributed by atoms with Crippen molar-refractivity contribution in [2.45, 2.75) is 37.6 Å². The number of hydrogen-bond acceptors (Lipinski definition) is 5. The highest BCUT2D eigenvalue weighted by Gasteiger charge is 2.61. The Labute approximate surface area is 150 Å². The van der Waals surface area contributed by atoms with Crippen molar-refractivity contribution < 1.29 is 18.7 Å². The van der Waals surface area contributed by atoms with Crippen LogP contribution in [-0.4, -0.2) is 62.6 Å². The monoisotopic (exact) mass is 356 g/mol. The number of ether oxygens (including phenoxy) is 1. The molecule has 5 rings (SSSR count). The van der Waals surface area contributed by atoms with Crippen LogP contribution in [0.15, 0.2) is 35.3 Å². The summed E-state index contributed by atoms with van der Waals surface area (Å²) in [6.07, 6.45) is 7.09. The van der Waals surface area contributed by atoms with Crippen molar-refractivity contribution in [2.75, 3.05) is 19.7 Å². The van der Waals surface area contributed by atoms with E-state index in [1.807, 2.05) is 21.7 Å². The van der Waals surface area contributed by atoms with Gasteiger partial charge in [0, 0.05) is 31.9 Å². The lowest BCUT2D eigenvalue weighted by Crippen LogP contribution is -2.56. The van der Waals surface area contributed by atoms with Crippen molar-refractivity contribution >= 4 is 11.8 Å². The number of hydrogen-bond donors (Lipinski definition) is 0. The quantitative estimate of drug-likeness (QED) is 0.822. The van der Waals surface area contributed by atoms with Gasteiger partial charge in [0.1, 0.15) is 5.76 Å². The third kappa shape index (κ3) is 2.21. The fourth-order valence-electron chi connectivity index (χ4n) is 4.47. The molecule has 2 aromatic heterocycles. The van der Waals surface area contributed by atoms with Gasteiger partial charge >= 0.3 is 0 Å². The lowest BCUT2D eigenvalue weighted by molar-refractivity contribution is -0.179. The Bertz CT molecular complexity index is 845. The van der Waals surface area contributed by atoms with Gasteiger partial charge < -0.3 is 23.5 Å². The van der Waals surface area contributed by atoms with Crippen LogP contribution < -0.4 is 0 Å². The normalized spacial score (nSPS) is 27.7. The summed E-state index contributed by atoms with van der Waals surface area (Å²) >= 11 is 0. The van der Waals surface area contributed by atoms with E-state index >= 15 is 0 Å². The minimum atomic E-state index is -0.628. The molecule has 0 bridgehead atoms. The largest absolute Gasteiger partial charge is 0.454 e. The Morgan fingerprint density at radius 1 is 1.35 bits per heavy atom. The van der Waals surface area contributed by atoms with Crippen LogP contribution in [-0.2, 0) is 16.1 Å². The van der Waals surface area contributed by atoms with E-state index in [-0.39, 0.29) is 17.9 Å². The molecule has 0 saturated carbocycles. The van der Waals surface area contributed by atoms with Crippen LogP contribution in [0.25, 0.3) is 0 Å². The highest BCUT2D eigenvalue weighted by molar-refractivity contribution is 5.93. The Hall–Kier alpha value is -2.61. The molecular weight excluding hydrogens is 336 g/mol. The van der Waals surface area contributed by atoms with Gasteiger partial charge in [0.15, 0.2) is 11.5 Å². The molecule has 0 N–H and O–H groups in total. The van der Waals surface area contributed by atoms with Crippen molar-refractivity contribution in [1.29, 1.82) is 0 Å². The second kappa shape index (κ2) is 5.70. The Morgan fingerprint density at radius 2 is 2.27 bits per heavy atom. The SMILES string of the molecule is O=C(c1ccc(Cn2ccnc2)o1)N1CC[C@@]23OCCCN2C(=O)C[C@@H]13. The van der Waals surface area contributed by atoms with Crippen LogP contribution in [0.3, 0.4) is 0 Å². The van der Waals surface area contributed by atoms with Crippen molar-refractivity contribution in [3.05, 3.63) is 42.4 Å². The minimum Gasteiger partial charge on any atom is -0.454 e. The van der Waals surface area contributed by atoms with Gasteiger partial charge in [0.05, 0.1) is 31.9 Å². The number of imidazole rings is 1. The van der Waals surface area contributed by atoms with Crippen LogP contribution in [0.2, 0.25) is 0 Å². The van der Waals surface area contributed by atoms with Crippen LogP contribution in [0.4, 0.5) is 0 Å². The molecule has 8 nitrogen and oxygen atoms in total. The van der Waals surface area contributed by atoms with E-state index in [2.05, 4.69) is 4.98 Å². The third-order valence-electron chi connectivity index (χ3n) is 5.64. The minimum absolute atomic E-state index is 0.0763. The zero-order chi connectivity index (χ0) is 17.7. The van der Waals surface area contributed by atoms with Gasteiger partial charge in [0.25, 0.3) is 5.91 Å². The molecule has 0 radical (unpaired) electrons. The molecule has 0 aliphatic carbocycles. The Balaban J connectivity index is 1.37. The van der Waals surface area contributed by atoms with Crippen molar-refractivity contribution in [3.63, 3.8) is 0 Å². The number of aromatic nitrogens is 2. The molecule has 8 heteroatoms. The first kappa shape index (κ1) is 15.6. The lowest BCUT2D eigenvalue weighted by atomic mass is 10.0. The zero-order valence-corrected chi connectivity index (χ0v) is 14.3. The highest BCUT2D eigenvalue weighted by atomic mass is 16.5. The first-order chi connectivity index (χ1) is 12.7. The number of nitrogens with zero attached hydrogens (tertiary/aromatic N) is 4. The van der Waals surface area contributed by atoms with Crippen LogP contribution >= 0.6 is 0 Å². The number of carbonyl (C=O) groups excluding carboxylic acids is 2. The van der Waals surface area contributed by atoms with Crippen molar-refractivity contribution in [3.8, 4) is 0 Å². The molecule has 0 unspecified atom stereocenters. The first-order valence-electron chi connectivity index (χ1n) is 8.97. The molecule has 136 valence electrons. The second-order valence-electron chi connectivity index (χ2n) is 7.06. The predicted molar refractivity (Wildman–Crippen MR) is 89.1 cm³/mol. The van der Waals surface area contributed by atoms with E-state index in [1.54, 1.807) is 23.5 Å². The summed E-state index contributed by atoms with van der Waals surface area (Å²) in [5.41, 5.74) is -0.628. The average Bonchev–Trinajstić information content (AvgIpc) is 3.40. The summed E-state index contributed by atoms with van der Waals surface area (Å²) in [5.74, 6) is 0.900. The van der Waals surface area contributed by atoms with E-state index in [1.165, 1.54) is 0 Å². The third-order valence-corrected chi connectivity index (χ3v) is 5.64. The lowest BCUT2D eigenvalue weighted by Gasteiger charge is -2.42. The fourth-order valence-corrected chi connectivity index (χ4v) is 4.47. The molecule has 2 aromatic rings. The average molecular weight is 356 g/mol. The molecule has 26 heavy (non-hydrogen) atoms. The summed E-state index contributed by atoms with van der Waals surface area (Å²) in [4.78, 5) is 33.0. The van der Waals surface area contributed by atoms with Crippen molar-refractivity contribution in [1.82, 2.24) is 19.4 Å². The number of rotatable bonds is 3. The fraction of sp³-hybridized carbons (Fsp3) is 0.500. The smallest absolute Gasteiger partial charge is 0.289 e. The van der Waals surface area contributed by atoms with E-state index in [0.717, 1.165) is 6.42 Å². The van der Waals surface area contributed by atoms with Gasteiger partial charge in [-0.05, 0) is 18.6 Å². The van der Waals surface area contributed by atoms with Gasteiger partial charge in [-0.1, -0.05) is 0 Å². The summed E-state index contributed by atoms with van der Waals surface area (Å²) in [5, 5.41) is 0. The first-order valence-corrected chi connectivity index (χ1v) is 8.97. The number of amides is 2. The van der Waals surface area contributed by atoms with Crippen molar-refractivity contribution in [2.24, 2.45) is 0 Å². The molecule has 3 aliphatic heterocycles. The maximum atomic E-state index is 13.0. The van der Waals surface area contributed by atoms with Crippen LogP contribution in [0.5, 0.6) is 0 Å². The zero-order valence-electron chi connectivity index (χ0n) is 14.3. The summed E-state index contributed by atoms with van der Waals surface area (Å²) in [7, 11) is 0. The van der Waals surface area contributed by atoms with Crippen LogP contribution in [0, 0.1) is 0 Å². The van der Waals surface area contributed by atoms with Gasteiger partial charge in [-0.3, -0.25) is 9.59 Å². The molecule has 2 atom stereocenters. The van der Waals surface area contributed by atoms with E-state index in [4.69, 9.17) is 9.15 Å². The van der Waals surface area contributed by atoms with Gasteiger partial charge in [-0.25, -0.2) is 4.98 Å². The standard InChI is InChI=1S/C18H20N4O4/c23-16-10-15-18(22(16)6-1-9-25-18)4-7-21(15)17(24)14-3-2-13(26-14)11-20-8-5-19-12-20/h2-3,5,8,12,15H,1,4,6-7,9-11H2/t15-,18+/m1/s1. The molecule has 3 saturated heterocycles. The predicted octanol–water partition coefficient (Wildman–Crippen LogP) is 1.09. The van der Waals surface area contributed by atoms with Gasteiger partial charge in [0.2, 0.25) is 5.91 Å². The maximum Gasteiger partial charge on any atom is 0.289 e. The van der Waals surface area contributed by atoms with Crippen LogP contribution in [0.1, 0.15) is 35.6 Å². The highest BCUT2D eigenvalue weighted by Crippen LogP contribution is 2.45. The summed E-state index contributed by atoms with van der Waals surface area (Å²) < 4.78 is 13.7. The van der Waals surface area contributed by atoms with E-state index < -0.39 is 5.72 Å². The van der Waals surface area contributed by atoms with Gasteiger partial charge in [-0.2, -0.15) is 0 Å².